The van der Waals surface area contributed by atoms with E-state index >= 15 is 0 Å². The van der Waals surface area contributed by atoms with Crippen molar-refractivity contribution in [3.63, 3.8) is 0 Å². The summed E-state index contributed by atoms with van der Waals surface area (Å²) in [5, 5.41) is 0. The second-order valence-electron chi connectivity index (χ2n) is 3.16. The maximum absolute atomic E-state index is 10.8. The van der Waals surface area contributed by atoms with E-state index in [-0.39, 0.29) is 13.0 Å². The van der Waals surface area contributed by atoms with Gasteiger partial charge in [-0.2, -0.15) is 8.42 Å². The quantitative estimate of drug-likeness (QED) is 0.438. The molecule has 0 spiro atoms. The molecule has 14 heavy (non-hydrogen) atoms. The highest BCUT2D eigenvalue weighted by molar-refractivity contribution is 7.86. The fraction of sp³-hybridized carbons (Fsp3) is 0.714. The second-order valence-corrected chi connectivity index (χ2v) is 4.76. The van der Waals surface area contributed by atoms with Gasteiger partial charge in [-0.1, -0.05) is 0 Å². The van der Waals surface area contributed by atoms with E-state index in [0.717, 1.165) is 6.26 Å². The van der Waals surface area contributed by atoms with Gasteiger partial charge in [0, 0.05) is 13.0 Å². The summed E-state index contributed by atoms with van der Waals surface area (Å²) in [7, 11) is -3.53. The molecule has 0 bridgehead atoms. The molecule has 0 aromatic heterocycles. The lowest BCUT2D eigenvalue weighted by atomic mass is 10.2. The topological polar surface area (TPSA) is 80.8 Å². The molecule has 0 saturated carbocycles. The van der Waals surface area contributed by atoms with E-state index in [9.17, 15) is 18.0 Å². The van der Waals surface area contributed by atoms with Crippen molar-refractivity contribution in [3.05, 3.63) is 0 Å². The third-order valence-corrected chi connectivity index (χ3v) is 2.57. The predicted molar refractivity (Wildman–Crippen MR) is 47.0 cm³/mol. The summed E-state index contributed by atoms with van der Waals surface area (Å²) in [6.45, 7) is 0.139. The Balaban J connectivity index is 2.62. The summed E-state index contributed by atoms with van der Waals surface area (Å²) < 4.78 is 26.2. The molecule has 0 aliphatic carbocycles. The van der Waals surface area contributed by atoms with Gasteiger partial charge in [0.25, 0.3) is 10.1 Å². The number of hydrogen-bond donors (Lipinski definition) is 0. The van der Waals surface area contributed by atoms with Gasteiger partial charge < -0.3 is 9.69 Å². The van der Waals surface area contributed by atoms with E-state index < -0.39 is 22.3 Å². The Kier molecular flexibility index (Phi) is 3.22. The molecule has 0 aromatic carbocycles. The molecule has 0 unspecified atom stereocenters. The Bertz CT molecular complexity index is 309. The van der Waals surface area contributed by atoms with E-state index in [4.69, 9.17) is 0 Å². The Morgan fingerprint density at radius 1 is 1.43 bits per heavy atom. The summed E-state index contributed by atoms with van der Waals surface area (Å²) in [6, 6.07) is -0.570. The zero-order valence-electron chi connectivity index (χ0n) is 7.62. The largest absolute Gasteiger partial charge is 0.333 e. The Labute approximate surface area is 82.0 Å². The van der Waals surface area contributed by atoms with Crippen LogP contribution < -0.4 is 0 Å². The third kappa shape index (κ3) is 2.78. The number of amides is 1. The van der Waals surface area contributed by atoms with Crippen LogP contribution in [-0.4, -0.2) is 51.0 Å². The fourth-order valence-corrected chi connectivity index (χ4v) is 2.06. The van der Waals surface area contributed by atoms with E-state index in [1.54, 1.807) is 0 Å². The molecule has 0 aromatic rings. The molecule has 6 nitrogen and oxygen atoms in total. The summed E-state index contributed by atoms with van der Waals surface area (Å²) in [4.78, 5) is 22.2. The Morgan fingerprint density at radius 3 is 2.43 bits per heavy atom. The van der Waals surface area contributed by atoms with Crippen molar-refractivity contribution in [3.8, 4) is 0 Å². The zero-order valence-corrected chi connectivity index (χ0v) is 8.44. The van der Waals surface area contributed by atoms with Gasteiger partial charge in [0.1, 0.15) is 6.29 Å². The predicted octanol–water partition coefficient (Wildman–Crippen LogP) is -1.24. The highest BCUT2D eigenvalue weighted by Gasteiger charge is 2.33. The van der Waals surface area contributed by atoms with Crippen molar-refractivity contribution in [1.29, 1.82) is 0 Å². The van der Waals surface area contributed by atoms with Crippen molar-refractivity contribution in [2.75, 3.05) is 12.8 Å². The molecule has 1 saturated heterocycles. The third-order valence-electron chi connectivity index (χ3n) is 1.95. The van der Waals surface area contributed by atoms with Crippen molar-refractivity contribution < 1.29 is 22.2 Å². The molecular formula is C7H11NO5S. The monoisotopic (exact) mass is 221 g/mol. The minimum atomic E-state index is -3.53. The first-order valence-corrected chi connectivity index (χ1v) is 5.82. The van der Waals surface area contributed by atoms with Crippen LogP contribution in [0.5, 0.6) is 0 Å². The van der Waals surface area contributed by atoms with Gasteiger partial charge in [-0.25, -0.2) is 0 Å². The van der Waals surface area contributed by atoms with Crippen LogP contribution in [-0.2, 0) is 23.9 Å². The number of nitrogens with zero attached hydrogens (tertiary/aromatic N) is 1. The van der Waals surface area contributed by atoms with Gasteiger partial charge in [-0.3, -0.25) is 8.98 Å². The number of aldehydes is 1. The second kappa shape index (κ2) is 4.05. The van der Waals surface area contributed by atoms with Crippen molar-refractivity contribution in [1.82, 2.24) is 4.90 Å². The molecule has 0 N–H and O–H groups in total. The van der Waals surface area contributed by atoms with Crippen LogP contribution in [0.4, 0.5) is 0 Å². The van der Waals surface area contributed by atoms with E-state index in [2.05, 4.69) is 4.18 Å². The van der Waals surface area contributed by atoms with E-state index in [0.29, 0.717) is 12.7 Å². The first-order valence-electron chi connectivity index (χ1n) is 4.01. The Morgan fingerprint density at radius 2 is 2.07 bits per heavy atom. The van der Waals surface area contributed by atoms with E-state index in [1.807, 2.05) is 0 Å². The van der Waals surface area contributed by atoms with Gasteiger partial charge in [0.05, 0.1) is 18.4 Å². The average Bonchev–Trinajstić information content (AvgIpc) is 2.43. The van der Waals surface area contributed by atoms with Crippen molar-refractivity contribution in [2.24, 2.45) is 0 Å². The smallest absolute Gasteiger partial charge is 0.264 e. The highest BCUT2D eigenvalue weighted by atomic mass is 32.2. The molecule has 1 heterocycles. The van der Waals surface area contributed by atoms with E-state index in [1.165, 1.54) is 4.90 Å². The lowest BCUT2D eigenvalue weighted by Gasteiger charge is -2.12. The number of carbonyl (C=O) groups excluding carboxylic acids is 2. The SMILES string of the molecule is CS(=O)(=O)O[C@@H]1C[C@@H](C=O)N(C=O)C1. The summed E-state index contributed by atoms with van der Waals surface area (Å²) in [6.07, 6.45) is 1.69. The molecular weight excluding hydrogens is 210 g/mol. The van der Waals surface area contributed by atoms with Gasteiger partial charge in [-0.05, 0) is 0 Å². The summed E-state index contributed by atoms with van der Waals surface area (Å²) in [5.74, 6) is 0. The number of hydrogen-bond acceptors (Lipinski definition) is 5. The fourth-order valence-electron chi connectivity index (χ4n) is 1.42. The van der Waals surface area contributed by atoms with Crippen LogP contribution in [0.15, 0.2) is 0 Å². The lowest BCUT2D eigenvalue weighted by Crippen LogP contribution is -2.29. The highest BCUT2D eigenvalue weighted by Crippen LogP contribution is 2.18. The zero-order chi connectivity index (χ0) is 10.8. The van der Waals surface area contributed by atoms with Crippen molar-refractivity contribution >= 4 is 22.8 Å². The number of rotatable bonds is 4. The van der Waals surface area contributed by atoms with Crippen LogP contribution >= 0.6 is 0 Å². The van der Waals surface area contributed by atoms with Crippen LogP contribution in [0.1, 0.15) is 6.42 Å². The lowest BCUT2D eigenvalue weighted by molar-refractivity contribution is -0.123. The molecule has 1 amide bonds. The average molecular weight is 221 g/mol. The molecule has 2 atom stereocenters. The van der Waals surface area contributed by atoms with Crippen LogP contribution in [0, 0.1) is 0 Å². The summed E-state index contributed by atoms with van der Waals surface area (Å²) >= 11 is 0. The van der Waals surface area contributed by atoms with Crippen LogP contribution in [0.3, 0.4) is 0 Å². The van der Waals surface area contributed by atoms with Gasteiger partial charge >= 0.3 is 0 Å². The maximum Gasteiger partial charge on any atom is 0.264 e. The van der Waals surface area contributed by atoms with Gasteiger partial charge in [0.2, 0.25) is 6.41 Å². The van der Waals surface area contributed by atoms with Crippen LogP contribution in [0.2, 0.25) is 0 Å². The van der Waals surface area contributed by atoms with Crippen molar-refractivity contribution in [2.45, 2.75) is 18.6 Å². The minimum absolute atomic E-state index is 0.139. The molecule has 80 valence electrons. The molecule has 1 rings (SSSR count). The Hall–Kier alpha value is -0.950. The number of likely N-dealkylation sites (tertiary alicyclic amines) is 1. The van der Waals surface area contributed by atoms with Gasteiger partial charge in [0.15, 0.2) is 0 Å². The first kappa shape index (κ1) is 11.1. The first-order chi connectivity index (χ1) is 6.46. The van der Waals surface area contributed by atoms with Crippen LogP contribution in [0.25, 0.3) is 0 Å². The standard InChI is InChI=1S/C7H11NO5S/c1-14(11,12)13-7-2-6(4-9)8(3-7)5-10/h4-7H,2-3H2,1H3/t6-,7+/m0/s1. The maximum atomic E-state index is 10.8. The minimum Gasteiger partial charge on any atom is -0.333 e. The normalized spacial score (nSPS) is 27.6. The summed E-state index contributed by atoms with van der Waals surface area (Å²) in [5.41, 5.74) is 0. The molecule has 7 heteroatoms. The molecule has 1 fully saturated rings. The number of carbonyl (C=O) groups is 2. The molecule has 0 radical (unpaired) electrons. The molecule has 1 aliphatic rings. The molecule has 1 aliphatic heterocycles. The van der Waals surface area contributed by atoms with Gasteiger partial charge in [-0.15, -0.1) is 0 Å².